The fourth-order valence-electron chi connectivity index (χ4n) is 2.52. The molecule has 1 aromatic heterocycles. The Morgan fingerprint density at radius 2 is 2.20 bits per heavy atom. The molecule has 1 saturated carbocycles. The van der Waals surface area contributed by atoms with Crippen molar-refractivity contribution in [1.29, 1.82) is 5.26 Å². The van der Waals surface area contributed by atoms with E-state index in [1.165, 1.54) is 19.4 Å². The number of benzene rings is 1. The van der Waals surface area contributed by atoms with Gasteiger partial charge in [0.15, 0.2) is 0 Å². The van der Waals surface area contributed by atoms with E-state index < -0.39 is 0 Å². The summed E-state index contributed by atoms with van der Waals surface area (Å²) in [5.41, 5.74) is 7.58. The number of carbonyl (C=O) groups excluding carboxylic acids is 1. The molecule has 25 heavy (non-hydrogen) atoms. The zero-order valence-electron chi connectivity index (χ0n) is 13.7. The summed E-state index contributed by atoms with van der Waals surface area (Å²) in [5, 5.41) is 11.6. The van der Waals surface area contributed by atoms with E-state index in [1.807, 2.05) is 24.3 Å². The van der Waals surface area contributed by atoms with E-state index in [9.17, 15) is 4.79 Å². The number of hydrogen-bond acceptors (Lipinski definition) is 5. The van der Waals surface area contributed by atoms with Crippen LogP contribution in [0.1, 0.15) is 34.5 Å². The van der Waals surface area contributed by atoms with Crippen molar-refractivity contribution in [2.45, 2.75) is 18.4 Å². The van der Waals surface area contributed by atoms with E-state index in [0.29, 0.717) is 11.3 Å². The Labute approximate surface area is 145 Å². The van der Waals surface area contributed by atoms with Crippen LogP contribution < -0.4 is 11.1 Å². The number of nitriles is 1. The van der Waals surface area contributed by atoms with Gasteiger partial charge in [0.05, 0.1) is 18.2 Å². The van der Waals surface area contributed by atoms with Gasteiger partial charge in [-0.2, -0.15) is 5.26 Å². The van der Waals surface area contributed by atoms with Crippen LogP contribution in [0.15, 0.2) is 47.6 Å². The highest BCUT2D eigenvalue weighted by Gasteiger charge is 2.45. The van der Waals surface area contributed by atoms with Gasteiger partial charge in [0, 0.05) is 11.9 Å². The van der Waals surface area contributed by atoms with Gasteiger partial charge in [-0.15, -0.1) is 0 Å². The summed E-state index contributed by atoms with van der Waals surface area (Å²) in [5.74, 6) is -0.341. The van der Waals surface area contributed by atoms with E-state index in [4.69, 9.17) is 15.7 Å². The van der Waals surface area contributed by atoms with E-state index in [2.05, 4.69) is 15.3 Å². The van der Waals surface area contributed by atoms with Crippen LogP contribution in [0.3, 0.4) is 0 Å². The summed E-state index contributed by atoms with van der Waals surface area (Å²) in [6.45, 7) is 0. The molecule has 0 unspecified atom stereocenters. The van der Waals surface area contributed by atoms with Gasteiger partial charge in [0.25, 0.3) is 11.9 Å². The summed E-state index contributed by atoms with van der Waals surface area (Å²) in [4.78, 5) is 20.7. The molecule has 0 atom stereocenters. The third-order valence-electron chi connectivity index (χ3n) is 4.04. The van der Waals surface area contributed by atoms with Crippen LogP contribution in [-0.2, 0) is 10.3 Å². The Kier molecular flexibility index (Phi) is 4.35. The van der Waals surface area contributed by atoms with Gasteiger partial charge < -0.3 is 15.8 Å². The van der Waals surface area contributed by atoms with Crippen LogP contribution >= 0.6 is 0 Å². The minimum Gasteiger partial charge on any atom is -0.469 e. The number of hydrogen-bond donors (Lipinski definition) is 2. The number of aliphatic imine (C=N–C) groups is 1. The first-order valence-electron chi connectivity index (χ1n) is 7.74. The van der Waals surface area contributed by atoms with Crippen molar-refractivity contribution in [3.8, 4) is 6.07 Å². The lowest BCUT2D eigenvalue weighted by Gasteiger charge is -2.13. The van der Waals surface area contributed by atoms with Crippen LogP contribution in [-0.4, -0.2) is 24.0 Å². The molecule has 7 nitrogen and oxygen atoms in total. The van der Waals surface area contributed by atoms with Crippen LogP contribution in [0.5, 0.6) is 0 Å². The van der Waals surface area contributed by atoms with Crippen LogP contribution in [0.2, 0.25) is 0 Å². The molecule has 2 aromatic rings. The van der Waals surface area contributed by atoms with Crippen LogP contribution in [0, 0.1) is 11.3 Å². The molecule has 1 aromatic carbocycles. The van der Waals surface area contributed by atoms with Gasteiger partial charge in [-0.05, 0) is 42.7 Å². The van der Waals surface area contributed by atoms with E-state index in [-0.39, 0.29) is 23.2 Å². The molecular formula is C18H17N5O2. The molecule has 1 heterocycles. The molecule has 1 aliphatic carbocycles. The van der Waals surface area contributed by atoms with Crippen molar-refractivity contribution in [3.05, 3.63) is 59.4 Å². The molecule has 3 rings (SSSR count). The minimum atomic E-state index is -0.368. The van der Waals surface area contributed by atoms with Gasteiger partial charge in [0.1, 0.15) is 11.8 Å². The highest BCUT2D eigenvalue weighted by Crippen LogP contribution is 2.50. The molecule has 1 fully saturated rings. The first-order valence-corrected chi connectivity index (χ1v) is 7.74. The highest BCUT2D eigenvalue weighted by molar-refractivity contribution is 6.02. The Balaban J connectivity index is 1.78. The molecule has 0 saturated heterocycles. The van der Waals surface area contributed by atoms with Gasteiger partial charge >= 0.3 is 0 Å². The molecule has 0 spiro atoms. The maximum absolute atomic E-state index is 12.3. The Bertz CT molecular complexity index is 864. The highest BCUT2D eigenvalue weighted by atomic mass is 16.5. The maximum Gasteiger partial charge on any atom is 0.282 e. The van der Waals surface area contributed by atoms with E-state index in [1.54, 1.807) is 12.1 Å². The molecule has 0 aliphatic heterocycles. The number of nitrogens with zero attached hydrogens (tertiary/aromatic N) is 3. The fourth-order valence-corrected chi connectivity index (χ4v) is 2.52. The fraction of sp³-hybridized carbons (Fsp3) is 0.222. The number of amidine groups is 1. The average Bonchev–Trinajstić information content (AvgIpc) is 3.42. The number of nitrogens with two attached hydrogens (primary N) is 1. The minimum absolute atomic E-state index is 0.147. The van der Waals surface area contributed by atoms with Gasteiger partial charge in [0.2, 0.25) is 0 Å². The summed E-state index contributed by atoms with van der Waals surface area (Å²) in [7, 11) is 1.48. The van der Waals surface area contributed by atoms with Gasteiger partial charge in [-0.3, -0.25) is 4.79 Å². The number of anilines is 1. The van der Waals surface area contributed by atoms with Crippen molar-refractivity contribution in [1.82, 2.24) is 4.98 Å². The largest absolute Gasteiger partial charge is 0.469 e. The number of methoxy groups -OCH3 is 1. The normalized spacial score (nSPS) is 15.1. The number of pyridine rings is 1. The number of aromatic nitrogens is 1. The number of rotatable bonds is 4. The molecule has 7 heteroatoms. The van der Waals surface area contributed by atoms with Crippen molar-refractivity contribution in [2.24, 2.45) is 10.7 Å². The standard InChI is InChI=1S/C18H17N5O2/c1-25-17(20)23-18(7-8-18)13-3-2-4-14(9-13)22-16(24)15-6-5-12(10-19)11-21-15/h2-6,9,11H,7-8H2,1H3,(H2,20,23)(H,22,24). The van der Waals surface area contributed by atoms with Gasteiger partial charge in [-0.25, -0.2) is 9.98 Å². The Hall–Kier alpha value is -3.40. The third kappa shape index (κ3) is 3.58. The van der Waals surface area contributed by atoms with Crippen molar-refractivity contribution in [3.63, 3.8) is 0 Å². The zero-order chi connectivity index (χ0) is 17.9. The Morgan fingerprint density at radius 3 is 2.80 bits per heavy atom. The lowest BCUT2D eigenvalue weighted by atomic mass is 10.0. The number of ether oxygens (including phenoxy) is 1. The number of carbonyl (C=O) groups is 1. The monoisotopic (exact) mass is 335 g/mol. The predicted octanol–water partition coefficient (Wildman–Crippen LogP) is 2.16. The van der Waals surface area contributed by atoms with Gasteiger partial charge in [-0.1, -0.05) is 12.1 Å². The summed E-state index contributed by atoms with van der Waals surface area (Å²) in [6, 6.07) is 12.7. The third-order valence-corrected chi connectivity index (χ3v) is 4.04. The van der Waals surface area contributed by atoms with Crippen LogP contribution in [0.4, 0.5) is 5.69 Å². The Morgan fingerprint density at radius 1 is 1.40 bits per heavy atom. The summed E-state index contributed by atoms with van der Waals surface area (Å²) in [6.07, 6.45) is 3.13. The first kappa shape index (κ1) is 16.5. The number of amides is 1. The van der Waals surface area contributed by atoms with Crippen molar-refractivity contribution in [2.75, 3.05) is 12.4 Å². The molecule has 0 bridgehead atoms. The van der Waals surface area contributed by atoms with E-state index >= 15 is 0 Å². The predicted molar refractivity (Wildman–Crippen MR) is 92.9 cm³/mol. The second-order valence-electron chi connectivity index (χ2n) is 5.76. The van der Waals surface area contributed by atoms with E-state index in [0.717, 1.165) is 18.4 Å². The van der Waals surface area contributed by atoms with Crippen LogP contribution in [0.25, 0.3) is 0 Å². The smallest absolute Gasteiger partial charge is 0.282 e. The lowest BCUT2D eigenvalue weighted by molar-refractivity contribution is 0.102. The SMILES string of the molecule is CO/C(N)=N\C1(c2cccc(NC(=O)c3ccc(C#N)cn3)c2)CC1. The summed E-state index contributed by atoms with van der Waals surface area (Å²) >= 11 is 0. The van der Waals surface area contributed by atoms with Crippen molar-refractivity contribution >= 4 is 17.6 Å². The second-order valence-corrected chi connectivity index (χ2v) is 5.76. The van der Waals surface area contributed by atoms with Crippen molar-refractivity contribution < 1.29 is 9.53 Å². The molecular weight excluding hydrogens is 318 g/mol. The molecule has 3 N–H and O–H groups in total. The molecule has 1 aliphatic rings. The maximum atomic E-state index is 12.3. The second kappa shape index (κ2) is 6.61. The molecule has 0 radical (unpaired) electrons. The molecule has 126 valence electrons. The number of nitrogens with one attached hydrogen (secondary N) is 1. The molecule has 1 amide bonds. The summed E-state index contributed by atoms with van der Waals surface area (Å²) < 4.78 is 4.95. The first-order chi connectivity index (χ1) is 12.1. The lowest BCUT2D eigenvalue weighted by Crippen LogP contribution is -2.18. The topological polar surface area (TPSA) is 113 Å². The zero-order valence-corrected chi connectivity index (χ0v) is 13.7. The average molecular weight is 335 g/mol. The quantitative estimate of drug-likeness (QED) is 0.656.